The third-order valence-electron chi connectivity index (χ3n) is 7.03. The number of benzene rings is 1. The molecule has 0 unspecified atom stereocenters. The summed E-state index contributed by atoms with van der Waals surface area (Å²) >= 11 is -2.30. The molecule has 1 aromatic rings. The summed E-state index contributed by atoms with van der Waals surface area (Å²) in [4.78, 5) is 11.2. The van der Waals surface area contributed by atoms with Gasteiger partial charge in [-0.05, 0) is 0 Å². The van der Waals surface area contributed by atoms with Gasteiger partial charge in [0.25, 0.3) is 0 Å². The predicted molar refractivity (Wildman–Crippen MR) is 128 cm³/mol. The number of esters is 1. The van der Waals surface area contributed by atoms with E-state index in [2.05, 4.69) is 45.0 Å². The number of ether oxygens (including phenoxy) is 1. The topological polar surface area (TPSA) is 26.3 Å². The predicted octanol–water partition coefficient (Wildman–Crippen LogP) is 7.33. The molecule has 1 fully saturated rings. The summed E-state index contributed by atoms with van der Waals surface area (Å²) < 4.78 is 11.8. The van der Waals surface area contributed by atoms with Crippen molar-refractivity contribution in [1.82, 2.24) is 0 Å². The van der Waals surface area contributed by atoms with E-state index >= 15 is 0 Å². The van der Waals surface area contributed by atoms with Crippen molar-refractivity contribution in [2.24, 2.45) is 0 Å². The monoisotopic (exact) mass is 508 g/mol. The van der Waals surface area contributed by atoms with Crippen molar-refractivity contribution in [3.8, 4) is 0 Å². The van der Waals surface area contributed by atoms with Crippen LogP contribution < -0.4 is 3.58 Å². The van der Waals surface area contributed by atoms with E-state index in [-0.39, 0.29) is 12.1 Å². The number of unbranched alkanes of at least 4 members (excludes halogenated alkanes) is 3. The third-order valence-corrected chi connectivity index (χ3v) is 22.7. The Morgan fingerprint density at radius 1 is 0.862 bits per heavy atom. The Morgan fingerprint density at radius 3 is 1.76 bits per heavy atom. The summed E-state index contributed by atoms with van der Waals surface area (Å²) in [5.74, 6) is 0.510. The molecule has 0 bridgehead atoms. The van der Waals surface area contributed by atoms with Crippen LogP contribution in [0, 0.1) is 0 Å². The van der Waals surface area contributed by atoms with Gasteiger partial charge in [-0.3, -0.25) is 0 Å². The van der Waals surface area contributed by atoms with E-state index in [1.807, 2.05) is 0 Å². The molecule has 3 heteroatoms. The summed E-state index contributed by atoms with van der Waals surface area (Å²) in [7, 11) is 0. The molecule has 2 nitrogen and oxygen atoms in total. The van der Waals surface area contributed by atoms with Gasteiger partial charge in [-0.15, -0.1) is 0 Å². The summed E-state index contributed by atoms with van der Waals surface area (Å²) in [5, 5.41) is 0. The van der Waals surface area contributed by atoms with Gasteiger partial charge >= 0.3 is 185 Å². The molecule has 0 saturated heterocycles. The van der Waals surface area contributed by atoms with Crippen LogP contribution in [0.4, 0.5) is 0 Å². The molecule has 0 heterocycles. The number of hydrogen-bond acceptors (Lipinski definition) is 2. The van der Waals surface area contributed by atoms with Gasteiger partial charge in [-0.1, -0.05) is 0 Å². The molecule has 0 radical (unpaired) electrons. The summed E-state index contributed by atoms with van der Waals surface area (Å²) in [6.45, 7) is 8.58. The fourth-order valence-electron chi connectivity index (χ4n) is 5.21. The Kier molecular flexibility index (Phi) is 11.1. The fraction of sp³-hybridized carbons (Fsp3) is 0.731. The second kappa shape index (κ2) is 13.0. The zero-order chi connectivity index (χ0) is 21.1. The molecular weight excluding hydrogens is 463 g/mol. The molecular formula is C26H44O2Sn. The molecule has 29 heavy (non-hydrogen) atoms. The van der Waals surface area contributed by atoms with Crippen LogP contribution in [-0.4, -0.2) is 30.5 Å². The number of hydrogen-bond donors (Lipinski definition) is 0. The molecule has 0 N–H and O–H groups in total. The Hall–Kier alpha value is -0.511. The fourth-order valence-corrected chi connectivity index (χ4v) is 21.1. The summed E-state index contributed by atoms with van der Waals surface area (Å²) in [6.07, 6.45) is 12.7. The third kappa shape index (κ3) is 7.60. The zero-order valence-corrected chi connectivity index (χ0v) is 22.3. The molecule has 0 aromatic heterocycles. The van der Waals surface area contributed by atoms with Gasteiger partial charge < -0.3 is 0 Å². The first-order valence-electron chi connectivity index (χ1n) is 12.3. The van der Waals surface area contributed by atoms with Gasteiger partial charge in [0.05, 0.1) is 0 Å². The van der Waals surface area contributed by atoms with E-state index in [4.69, 9.17) is 4.74 Å². The normalized spacial score (nSPS) is 19.9. The summed E-state index contributed by atoms with van der Waals surface area (Å²) in [6, 6.07) is 10.0. The van der Waals surface area contributed by atoms with Crippen molar-refractivity contribution in [3.63, 3.8) is 0 Å². The molecule has 0 spiro atoms. The van der Waals surface area contributed by atoms with Crippen molar-refractivity contribution in [3.05, 3.63) is 29.8 Å². The van der Waals surface area contributed by atoms with Crippen LogP contribution >= 0.6 is 0 Å². The van der Waals surface area contributed by atoms with Crippen molar-refractivity contribution in [1.29, 1.82) is 0 Å². The molecule has 1 aliphatic carbocycles. The average molecular weight is 507 g/mol. The Labute approximate surface area is 184 Å². The van der Waals surface area contributed by atoms with Crippen LogP contribution in [0.25, 0.3) is 0 Å². The first-order chi connectivity index (χ1) is 14.0. The minimum atomic E-state index is -2.30. The molecule has 0 atom stereocenters. The molecule has 1 aliphatic rings. The van der Waals surface area contributed by atoms with E-state index in [9.17, 15) is 4.79 Å². The van der Waals surface area contributed by atoms with E-state index in [0.717, 1.165) is 25.7 Å². The standard InChI is InChI=1S/C14H17O2.3C4H9.Sn/c1-11(15)16-14-9-7-13(8-10-14)12-5-3-2-4-6-12;3*1-3-4-2;/h3-6,13-14H,7-10H2,1H3;3*1,3-4H2,2H3;. The van der Waals surface area contributed by atoms with Crippen LogP contribution in [0.3, 0.4) is 0 Å². The number of carbonyl (C=O) groups is 1. The minimum absolute atomic E-state index is 0.132. The van der Waals surface area contributed by atoms with Gasteiger partial charge in [0.1, 0.15) is 0 Å². The second-order valence-electron chi connectivity index (χ2n) is 9.30. The Bertz CT molecular complexity index is 565. The van der Waals surface area contributed by atoms with Gasteiger partial charge in [-0.25, -0.2) is 0 Å². The number of rotatable bonds is 12. The average Bonchev–Trinajstić information content (AvgIpc) is 2.74. The quantitative estimate of drug-likeness (QED) is 0.219. The molecule has 164 valence electrons. The van der Waals surface area contributed by atoms with Gasteiger partial charge in [0.2, 0.25) is 0 Å². The molecule has 1 aromatic carbocycles. The van der Waals surface area contributed by atoms with E-state index in [1.54, 1.807) is 3.58 Å². The van der Waals surface area contributed by atoms with Crippen molar-refractivity contribution >= 4 is 27.9 Å². The van der Waals surface area contributed by atoms with Crippen molar-refractivity contribution in [2.45, 2.75) is 117 Å². The van der Waals surface area contributed by atoms with E-state index in [0.29, 0.717) is 5.92 Å². The van der Waals surface area contributed by atoms with Crippen LogP contribution in [0.5, 0.6) is 0 Å². The second-order valence-corrected chi connectivity index (χ2v) is 22.5. The van der Waals surface area contributed by atoms with Gasteiger partial charge in [-0.2, -0.15) is 0 Å². The number of carbonyl (C=O) groups excluding carboxylic acids is 1. The van der Waals surface area contributed by atoms with Crippen molar-refractivity contribution < 1.29 is 9.53 Å². The van der Waals surface area contributed by atoms with Crippen LogP contribution in [0.15, 0.2) is 24.3 Å². The molecule has 2 rings (SSSR count). The molecule has 0 aliphatic heterocycles. The molecule has 0 amide bonds. The van der Waals surface area contributed by atoms with Gasteiger partial charge in [0, 0.05) is 0 Å². The van der Waals surface area contributed by atoms with Crippen LogP contribution in [0.1, 0.15) is 103 Å². The van der Waals surface area contributed by atoms with Gasteiger partial charge in [0.15, 0.2) is 0 Å². The zero-order valence-electron chi connectivity index (χ0n) is 19.5. The maximum atomic E-state index is 11.2. The Balaban J connectivity index is 2.11. The maximum absolute atomic E-state index is 11.2. The van der Waals surface area contributed by atoms with Crippen molar-refractivity contribution in [2.75, 3.05) is 0 Å². The molecule has 1 saturated carbocycles. The first-order valence-corrected chi connectivity index (χ1v) is 19.8. The first kappa shape index (κ1) is 24.8. The van der Waals surface area contributed by atoms with E-state index in [1.165, 1.54) is 64.3 Å². The van der Waals surface area contributed by atoms with E-state index < -0.39 is 18.4 Å². The SMILES string of the molecule is CCC[CH2][Sn]([CH2]CCC)([CH2]CCC)[c]1ccc(C2CCC(OC(C)=O)CC2)cc1. The Morgan fingerprint density at radius 2 is 1.34 bits per heavy atom. The summed E-state index contributed by atoms with van der Waals surface area (Å²) in [5.41, 5.74) is 1.51. The van der Waals surface area contributed by atoms with Crippen LogP contribution in [-0.2, 0) is 9.53 Å². The van der Waals surface area contributed by atoms with Crippen LogP contribution in [0.2, 0.25) is 13.3 Å².